The second-order valence-corrected chi connectivity index (χ2v) is 6.10. The van der Waals surface area contributed by atoms with Crippen LogP contribution in [-0.2, 0) is 0 Å². The number of furan rings is 1. The molecule has 0 radical (unpaired) electrons. The van der Waals surface area contributed by atoms with Crippen LogP contribution in [0, 0.1) is 0 Å². The first-order chi connectivity index (χ1) is 10.6. The number of hydrogen-bond acceptors (Lipinski definition) is 3. The third-order valence-corrected chi connectivity index (χ3v) is 4.65. The van der Waals surface area contributed by atoms with Crippen molar-refractivity contribution >= 4 is 35.8 Å². The maximum atomic E-state index is 6.16. The van der Waals surface area contributed by atoms with Crippen LogP contribution in [0.15, 0.2) is 52.4 Å². The predicted molar refractivity (Wildman–Crippen MR) is 92.1 cm³/mol. The molecule has 22 heavy (non-hydrogen) atoms. The second kappa shape index (κ2) is 6.41. The molecule has 0 saturated heterocycles. The molecule has 0 aliphatic carbocycles. The van der Waals surface area contributed by atoms with E-state index in [-0.39, 0.29) is 6.04 Å². The van der Waals surface area contributed by atoms with E-state index in [0.717, 1.165) is 23.4 Å². The highest BCUT2D eigenvalue weighted by molar-refractivity contribution is 7.80. The fourth-order valence-corrected chi connectivity index (χ4v) is 3.16. The smallest absolute Gasteiger partial charge is 0.165 e. The second-order valence-electron chi connectivity index (χ2n) is 4.89. The van der Waals surface area contributed by atoms with Crippen molar-refractivity contribution in [1.29, 1.82) is 0 Å². The molecule has 3 aromatic rings. The van der Waals surface area contributed by atoms with Crippen LogP contribution in [0.3, 0.4) is 0 Å². The minimum atomic E-state index is 0.0462. The Bertz CT molecular complexity index is 784. The SMILES string of the molecule is CCC(c1ccc(Cl)c(Cl)c1)n1c(-c2ccco2)cnc1S. The molecule has 0 N–H and O–H groups in total. The molecule has 0 amide bonds. The van der Waals surface area contributed by atoms with E-state index in [1.165, 1.54) is 0 Å². The molecule has 3 rings (SSSR count). The van der Waals surface area contributed by atoms with E-state index in [1.807, 2.05) is 34.9 Å². The average molecular weight is 353 g/mol. The van der Waals surface area contributed by atoms with Crippen molar-refractivity contribution in [2.75, 3.05) is 0 Å². The minimum absolute atomic E-state index is 0.0462. The van der Waals surface area contributed by atoms with Crippen molar-refractivity contribution in [1.82, 2.24) is 9.55 Å². The lowest BCUT2D eigenvalue weighted by atomic mass is 10.0. The summed E-state index contributed by atoms with van der Waals surface area (Å²) in [6, 6.07) is 9.47. The minimum Gasteiger partial charge on any atom is -0.463 e. The summed E-state index contributed by atoms with van der Waals surface area (Å²) in [5.41, 5.74) is 1.94. The van der Waals surface area contributed by atoms with Gasteiger partial charge in [0, 0.05) is 0 Å². The molecule has 0 bridgehead atoms. The number of imidazole rings is 1. The molecule has 1 aromatic carbocycles. The Morgan fingerprint density at radius 2 is 2.09 bits per heavy atom. The Hall–Kier alpha value is -1.36. The van der Waals surface area contributed by atoms with Gasteiger partial charge in [-0.1, -0.05) is 36.2 Å². The van der Waals surface area contributed by atoms with E-state index in [2.05, 4.69) is 24.5 Å². The number of benzene rings is 1. The molecule has 0 spiro atoms. The Labute approximate surface area is 144 Å². The van der Waals surface area contributed by atoms with Gasteiger partial charge in [-0.3, -0.25) is 0 Å². The van der Waals surface area contributed by atoms with Gasteiger partial charge in [-0.15, -0.1) is 12.6 Å². The number of nitrogens with zero attached hydrogens (tertiary/aromatic N) is 2. The van der Waals surface area contributed by atoms with E-state index in [0.29, 0.717) is 15.2 Å². The summed E-state index contributed by atoms with van der Waals surface area (Å²) in [7, 11) is 0. The molecule has 6 heteroatoms. The molecule has 114 valence electrons. The highest BCUT2D eigenvalue weighted by Crippen LogP contribution is 2.34. The molecule has 0 saturated carbocycles. The average Bonchev–Trinajstić information content (AvgIpc) is 3.14. The summed E-state index contributed by atoms with van der Waals surface area (Å²) < 4.78 is 7.55. The zero-order chi connectivity index (χ0) is 15.7. The maximum absolute atomic E-state index is 6.16. The molecule has 0 aliphatic rings. The standard InChI is InChI=1S/C16H14Cl2N2OS/c1-2-13(10-5-6-11(17)12(18)8-10)20-14(9-19-16(20)22)15-4-3-7-21-15/h3-9,13H,2H2,1H3,(H,19,22). The summed E-state index contributed by atoms with van der Waals surface area (Å²) >= 11 is 16.7. The zero-order valence-electron chi connectivity index (χ0n) is 11.8. The lowest BCUT2D eigenvalue weighted by Gasteiger charge is -2.21. The van der Waals surface area contributed by atoms with Crippen LogP contribution in [0.2, 0.25) is 10.0 Å². The van der Waals surface area contributed by atoms with Crippen LogP contribution in [0.1, 0.15) is 24.9 Å². The van der Waals surface area contributed by atoms with Gasteiger partial charge in [0.1, 0.15) is 5.69 Å². The first-order valence-corrected chi connectivity index (χ1v) is 8.07. The van der Waals surface area contributed by atoms with Crippen LogP contribution in [0.25, 0.3) is 11.5 Å². The van der Waals surface area contributed by atoms with Gasteiger partial charge in [0.05, 0.1) is 28.5 Å². The van der Waals surface area contributed by atoms with Crippen molar-refractivity contribution in [3.63, 3.8) is 0 Å². The molecule has 3 nitrogen and oxygen atoms in total. The van der Waals surface area contributed by atoms with E-state index >= 15 is 0 Å². The Morgan fingerprint density at radius 1 is 1.27 bits per heavy atom. The normalized spacial score (nSPS) is 12.5. The fraction of sp³-hybridized carbons (Fsp3) is 0.188. The Kier molecular flexibility index (Phi) is 4.52. The summed E-state index contributed by atoms with van der Waals surface area (Å²) in [5.74, 6) is 0.756. The van der Waals surface area contributed by atoms with Gasteiger partial charge in [0.25, 0.3) is 0 Å². The number of thiol groups is 1. The van der Waals surface area contributed by atoms with Gasteiger partial charge in [-0.2, -0.15) is 0 Å². The van der Waals surface area contributed by atoms with Crippen LogP contribution in [0.4, 0.5) is 0 Å². The molecule has 0 fully saturated rings. The maximum Gasteiger partial charge on any atom is 0.165 e. The van der Waals surface area contributed by atoms with Crippen LogP contribution in [0.5, 0.6) is 0 Å². The van der Waals surface area contributed by atoms with E-state index in [9.17, 15) is 0 Å². The number of rotatable bonds is 4. The lowest BCUT2D eigenvalue weighted by molar-refractivity contribution is 0.514. The van der Waals surface area contributed by atoms with Crippen LogP contribution < -0.4 is 0 Å². The van der Waals surface area contributed by atoms with Crippen molar-refractivity contribution in [2.24, 2.45) is 0 Å². The van der Waals surface area contributed by atoms with Gasteiger partial charge in [-0.25, -0.2) is 4.98 Å². The third kappa shape index (κ3) is 2.78. The van der Waals surface area contributed by atoms with Crippen molar-refractivity contribution < 1.29 is 4.42 Å². The molecule has 2 aromatic heterocycles. The van der Waals surface area contributed by atoms with Crippen molar-refractivity contribution in [2.45, 2.75) is 24.5 Å². The van der Waals surface area contributed by atoms with Gasteiger partial charge < -0.3 is 8.98 Å². The quantitative estimate of drug-likeness (QED) is 0.607. The summed E-state index contributed by atoms with van der Waals surface area (Å²) in [5, 5.41) is 1.71. The lowest BCUT2D eigenvalue weighted by Crippen LogP contribution is -2.11. The Morgan fingerprint density at radius 3 is 2.73 bits per heavy atom. The van der Waals surface area contributed by atoms with E-state index in [1.54, 1.807) is 12.5 Å². The van der Waals surface area contributed by atoms with E-state index < -0.39 is 0 Å². The summed E-state index contributed by atoms with van der Waals surface area (Å²) in [6.07, 6.45) is 4.27. The topological polar surface area (TPSA) is 31.0 Å². The van der Waals surface area contributed by atoms with Gasteiger partial charge in [-0.05, 0) is 36.2 Å². The molecule has 1 unspecified atom stereocenters. The molecular weight excluding hydrogens is 339 g/mol. The van der Waals surface area contributed by atoms with Gasteiger partial charge >= 0.3 is 0 Å². The molecule has 1 atom stereocenters. The summed E-state index contributed by atoms with van der Waals surface area (Å²) in [4.78, 5) is 4.31. The fourth-order valence-electron chi connectivity index (χ4n) is 2.55. The zero-order valence-corrected chi connectivity index (χ0v) is 14.2. The monoisotopic (exact) mass is 352 g/mol. The first kappa shape index (κ1) is 15.5. The Balaban J connectivity index is 2.11. The largest absolute Gasteiger partial charge is 0.463 e. The van der Waals surface area contributed by atoms with Crippen molar-refractivity contribution in [3.05, 3.63) is 58.4 Å². The number of hydrogen-bond donors (Lipinski definition) is 1. The van der Waals surface area contributed by atoms with Crippen molar-refractivity contribution in [3.8, 4) is 11.5 Å². The summed E-state index contributed by atoms with van der Waals surface area (Å²) in [6.45, 7) is 2.10. The molecule has 0 aliphatic heterocycles. The predicted octanol–water partition coefficient (Wildman–Crippen LogP) is 5.74. The number of aromatic nitrogens is 2. The third-order valence-electron chi connectivity index (χ3n) is 3.58. The molecular formula is C16H14Cl2N2OS. The van der Waals surface area contributed by atoms with Crippen LogP contribution >= 0.6 is 35.8 Å². The highest BCUT2D eigenvalue weighted by atomic mass is 35.5. The molecule has 2 heterocycles. The van der Waals surface area contributed by atoms with Gasteiger partial charge in [0.15, 0.2) is 10.9 Å². The first-order valence-electron chi connectivity index (χ1n) is 6.86. The number of halogens is 2. The highest BCUT2D eigenvalue weighted by Gasteiger charge is 2.21. The van der Waals surface area contributed by atoms with Gasteiger partial charge in [0.2, 0.25) is 0 Å². The van der Waals surface area contributed by atoms with E-state index in [4.69, 9.17) is 27.6 Å². The van der Waals surface area contributed by atoms with Crippen LogP contribution in [-0.4, -0.2) is 9.55 Å².